The number of hydrogen-bond acceptors (Lipinski definition) is 1. The van der Waals surface area contributed by atoms with Crippen molar-refractivity contribution in [3.05, 3.63) is 71.8 Å². The molecule has 2 heterocycles. The van der Waals surface area contributed by atoms with Crippen molar-refractivity contribution in [2.45, 2.75) is 0 Å². The Kier molecular flexibility index (Phi) is 2.45. The Morgan fingerprint density at radius 2 is 1.57 bits per heavy atom. The predicted octanol–water partition coefficient (Wildman–Crippen LogP) is 5.61. The molecule has 0 radical (unpaired) electrons. The Balaban J connectivity index is 1.91. The molecule has 4 aromatic rings. The van der Waals surface area contributed by atoms with Crippen LogP contribution in [0.25, 0.3) is 34.0 Å². The highest BCUT2D eigenvalue weighted by Crippen LogP contribution is 2.41. The molecular weight excluding hydrogens is 282 g/mol. The van der Waals surface area contributed by atoms with E-state index in [0.717, 1.165) is 22.6 Å². The molecule has 110 valence electrons. The molecule has 2 heteroatoms. The Hall–Kier alpha value is -3.00. The smallest absolute Gasteiger partial charge is 0.135 e. The van der Waals surface area contributed by atoms with E-state index in [1.807, 2.05) is 18.2 Å². The van der Waals surface area contributed by atoms with Gasteiger partial charge in [-0.25, -0.2) is 0 Å². The number of ether oxygens (including phenoxy) is 1. The lowest BCUT2D eigenvalue weighted by Gasteiger charge is -2.09. The van der Waals surface area contributed by atoms with Gasteiger partial charge in [0.25, 0.3) is 0 Å². The molecule has 0 amide bonds. The average molecular weight is 297 g/mol. The van der Waals surface area contributed by atoms with Crippen molar-refractivity contribution in [1.29, 1.82) is 0 Å². The molecule has 23 heavy (non-hydrogen) atoms. The molecule has 0 aliphatic carbocycles. The van der Waals surface area contributed by atoms with Crippen LogP contribution in [0.2, 0.25) is 0 Å². The second kappa shape index (κ2) is 4.50. The number of para-hydroxylation sites is 2. The second-order valence-corrected chi connectivity index (χ2v) is 5.92. The van der Waals surface area contributed by atoms with E-state index >= 15 is 0 Å². The SMILES string of the molecule is Cn1c2ccccc2c2c3c(ccc21)Oc1ccccc1C=C3. The van der Waals surface area contributed by atoms with E-state index in [-0.39, 0.29) is 0 Å². The lowest BCUT2D eigenvalue weighted by molar-refractivity contribution is 0.482. The fraction of sp³-hybridized carbons (Fsp3) is 0.0476. The van der Waals surface area contributed by atoms with Crippen molar-refractivity contribution in [3.63, 3.8) is 0 Å². The highest BCUT2D eigenvalue weighted by atomic mass is 16.5. The third kappa shape index (κ3) is 1.69. The molecule has 0 unspecified atom stereocenters. The van der Waals surface area contributed by atoms with Crippen molar-refractivity contribution in [1.82, 2.24) is 4.57 Å². The molecule has 0 fully saturated rings. The van der Waals surface area contributed by atoms with Crippen LogP contribution in [-0.2, 0) is 7.05 Å². The third-order valence-electron chi connectivity index (χ3n) is 4.65. The molecule has 1 aliphatic heterocycles. The van der Waals surface area contributed by atoms with E-state index in [1.54, 1.807) is 0 Å². The maximum Gasteiger partial charge on any atom is 0.135 e. The van der Waals surface area contributed by atoms with Crippen molar-refractivity contribution < 1.29 is 4.74 Å². The van der Waals surface area contributed by atoms with Crippen LogP contribution in [0.1, 0.15) is 11.1 Å². The molecule has 0 N–H and O–H groups in total. The van der Waals surface area contributed by atoms with Gasteiger partial charge >= 0.3 is 0 Å². The summed E-state index contributed by atoms with van der Waals surface area (Å²) in [7, 11) is 2.12. The van der Waals surface area contributed by atoms with Gasteiger partial charge in [0.15, 0.2) is 0 Å². The fourth-order valence-electron chi connectivity index (χ4n) is 3.52. The number of benzene rings is 3. The summed E-state index contributed by atoms with van der Waals surface area (Å²) in [5.74, 6) is 1.82. The molecule has 1 aliphatic rings. The van der Waals surface area contributed by atoms with Crippen molar-refractivity contribution in [2.24, 2.45) is 7.05 Å². The summed E-state index contributed by atoms with van der Waals surface area (Å²) < 4.78 is 8.44. The normalized spacial score (nSPS) is 12.7. The van der Waals surface area contributed by atoms with Crippen LogP contribution in [0.4, 0.5) is 0 Å². The van der Waals surface area contributed by atoms with E-state index in [1.165, 1.54) is 21.8 Å². The lowest BCUT2D eigenvalue weighted by atomic mass is 10.0. The summed E-state index contributed by atoms with van der Waals surface area (Å²) in [6, 6.07) is 20.9. The summed E-state index contributed by atoms with van der Waals surface area (Å²) in [6.45, 7) is 0. The van der Waals surface area contributed by atoms with Gasteiger partial charge in [-0.05, 0) is 30.3 Å². The summed E-state index contributed by atoms with van der Waals surface area (Å²) >= 11 is 0. The largest absolute Gasteiger partial charge is 0.456 e. The van der Waals surface area contributed by atoms with Gasteiger partial charge in [0, 0.05) is 40.0 Å². The Labute approximate surface area is 134 Å². The number of rotatable bonds is 0. The van der Waals surface area contributed by atoms with Crippen LogP contribution >= 0.6 is 0 Å². The van der Waals surface area contributed by atoms with E-state index in [0.29, 0.717) is 0 Å². The van der Waals surface area contributed by atoms with Crippen molar-refractivity contribution in [2.75, 3.05) is 0 Å². The quantitative estimate of drug-likeness (QED) is 0.362. The highest BCUT2D eigenvalue weighted by molar-refractivity contribution is 6.13. The molecule has 3 aromatic carbocycles. The monoisotopic (exact) mass is 297 g/mol. The molecule has 0 saturated carbocycles. The van der Waals surface area contributed by atoms with Gasteiger partial charge in [-0.2, -0.15) is 0 Å². The van der Waals surface area contributed by atoms with Gasteiger partial charge in [-0.15, -0.1) is 0 Å². The van der Waals surface area contributed by atoms with Gasteiger partial charge in [0.2, 0.25) is 0 Å². The zero-order chi connectivity index (χ0) is 15.4. The van der Waals surface area contributed by atoms with Gasteiger partial charge in [-0.3, -0.25) is 0 Å². The predicted molar refractivity (Wildman–Crippen MR) is 95.9 cm³/mol. The molecular formula is C21H15NO. The topological polar surface area (TPSA) is 14.2 Å². The minimum atomic E-state index is 0.905. The average Bonchev–Trinajstić information content (AvgIpc) is 2.77. The molecule has 0 saturated heterocycles. The Bertz CT molecular complexity index is 1100. The first kappa shape index (κ1) is 12.5. The zero-order valence-corrected chi connectivity index (χ0v) is 12.8. The standard InChI is InChI=1S/C21H15NO/c1-22-17-8-4-3-7-15(17)21-16-11-10-14-6-2-5-9-19(14)23-20(16)13-12-18(21)22/h2-13H,1H3. The summed E-state index contributed by atoms with van der Waals surface area (Å²) in [5, 5.41) is 2.52. The Morgan fingerprint density at radius 3 is 2.52 bits per heavy atom. The number of aromatic nitrogens is 1. The summed E-state index contributed by atoms with van der Waals surface area (Å²) in [6.07, 6.45) is 4.32. The van der Waals surface area contributed by atoms with Gasteiger partial charge in [-0.1, -0.05) is 42.5 Å². The van der Waals surface area contributed by atoms with E-state index in [2.05, 4.69) is 66.2 Å². The maximum absolute atomic E-state index is 6.20. The third-order valence-corrected chi connectivity index (χ3v) is 4.65. The van der Waals surface area contributed by atoms with Crippen LogP contribution in [0.5, 0.6) is 11.5 Å². The molecule has 0 bridgehead atoms. The minimum absolute atomic E-state index is 0.905. The molecule has 5 rings (SSSR count). The molecule has 1 aromatic heterocycles. The minimum Gasteiger partial charge on any atom is -0.456 e. The summed E-state index contributed by atoms with van der Waals surface area (Å²) in [4.78, 5) is 0. The number of fused-ring (bicyclic) bond motifs is 6. The number of hydrogen-bond donors (Lipinski definition) is 0. The first-order valence-electron chi connectivity index (χ1n) is 7.78. The van der Waals surface area contributed by atoms with E-state index in [9.17, 15) is 0 Å². The van der Waals surface area contributed by atoms with Crippen LogP contribution in [0, 0.1) is 0 Å². The highest BCUT2D eigenvalue weighted by Gasteiger charge is 2.17. The molecule has 2 nitrogen and oxygen atoms in total. The molecule has 0 atom stereocenters. The van der Waals surface area contributed by atoms with Gasteiger partial charge in [0.1, 0.15) is 11.5 Å². The molecule has 0 spiro atoms. The van der Waals surface area contributed by atoms with Crippen molar-refractivity contribution >= 4 is 34.0 Å². The van der Waals surface area contributed by atoms with Crippen molar-refractivity contribution in [3.8, 4) is 11.5 Å². The first-order valence-corrected chi connectivity index (χ1v) is 7.78. The number of nitrogens with zero attached hydrogens (tertiary/aromatic N) is 1. The van der Waals surface area contributed by atoms with E-state index in [4.69, 9.17) is 4.74 Å². The lowest BCUT2D eigenvalue weighted by Crippen LogP contribution is -1.90. The fourth-order valence-corrected chi connectivity index (χ4v) is 3.52. The summed E-state index contributed by atoms with van der Waals surface area (Å²) in [5.41, 5.74) is 4.72. The zero-order valence-electron chi connectivity index (χ0n) is 12.8. The maximum atomic E-state index is 6.20. The Morgan fingerprint density at radius 1 is 0.739 bits per heavy atom. The van der Waals surface area contributed by atoms with Crippen LogP contribution in [-0.4, -0.2) is 4.57 Å². The van der Waals surface area contributed by atoms with E-state index < -0.39 is 0 Å². The van der Waals surface area contributed by atoms with Crippen LogP contribution < -0.4 is 4.74 Å². The van der Waals surface area contributed by atoms with Crippen LogP contribution in [0.15, 0.2) is 60.7 Å². The van der Waals surface area contributed by atoms with Gasteiger partial charge < -0.3 is 9.30 Å². The second-order valence-electron chi connectivity index (χ2n) is 5.92. The van der Waals surface area contributed by atoms with Gasteiger partial charge in [0.05, 0.1) is 0 Å². The first-order chi connectivity index (χ1) is 11.3. The van der Waals surface area contributed by atoms with Crippen LogP contribution in [0.3, 0.4) is 0 Å². The number of aryl methyl sites for hydroxylation is 1.